The second-order valence-electron chi connectivity index (χ2n) is 14.9. The molecule has 5 rings (SSSR count). The normalized spacial score (nSPS) is 59.4. The Balaban J connectivity index is 1.57. The molecule has 1 N–H and O–H groups in total. The summed E-state index contributed by atoms with van der Waals surface area (Å²) in [6, 6.07) is 0. The number of hydrogen-bond donors (Lipinski definition) is 1. The van der Waals surface area contributed by atoms with Crippen LogP contribution in [0.1, 0.15) is 113 Å². The van der Waals surface area contributed by atoms with Gasteiger partial charge in [0.2, 0.25) is 0 Å². The largest absolute Gasteiger partial charge is 0.393 e. The quantitative estimate of drug-likeness (QED) is 0.428. The van der Waals surface area contributed by atoms with Gasteiger partial charge in [0, 0.05) is 11.8 Å². The summed E-state index contributed by atoms with van der Waals surface area (Å²) in [6.45, 7) is 19.7. The highest BCUT2D eigenvalue weighted by molar-refractivity contribution is 5.85. The maximum atomic E-state index is 12.9. The molecular weight excluding hydrogens is 392 g/mol. The van der Waals surface area contributed by atoms with Gasteiger partial charge in [0.25, 0.3) is 0 Å². The third-order valence-corrected chi connectivity index (χ3v) is 13.9. The minimum Gasteiger partial charge on any atom is -0.393 e. The molecule has 0 amide bonds. The lowest BCUT2D eigenvalue weighted by atomic mass is 9.31. The third-order valence-electron chi connectivity index (χ3n) is 13.9. The predicted octanol–water partition coefficient (Wildman–Crippen LogP) is 7.28. The fourth-order valence-corrected chi connectivity index (χ4v) is 11.5. The molecule has 2 nitrogen and oxygen atoms in total. The Kier molecular flexibility index (Phi) is 5.01. The van der Waals surface area contributed by atoms with Crippen molar-refractivity contribution in [1.29, 1.82) is 0 Å². The molecule has 2 heteroatoms. The first-order valence-electron chi connectivity index (χ1n) is 13.9. The molecular formula is C30H50O2. The van der Waals surface area contributed by atoms with Crippen molar-refractivity contribution in [3.05, 3.63) is 0 Å². The lowest BCUT2D eigenvalue weighted by Gasteiger charge is -2.74. The second kappa shape index (κ2) is 6.86. The Morgan fingerprint density at radius 1 is 0.781 bits per heavy atom. The van der Waals surface area contributed by atoms with Crippen molar-refractivity contribution in [1.82, 2.24) is 0 Å². The third kappa shape index (κ3) is 2.60. The zero-order valence-corrected chi connectivity index (χ0v) is 22.3. The van der Waals surface area contributed by atoms with E-state index in [2.05, 4.69) is 55.4 Å². The van der Waals surface area contributed by atoms with Crippen molar-refractivity contribution in [3.8, 4) is 0 Å². The molecule has 0 heterocycles. The molecule has 5 saturated carbocycles. The number of ketones is 1. The molecule has 5 aliphatic rings. The Morgan fingerprint density at radius 3 is 2.16 bits per heavy atom. The molecule has 0 aromatic heterocycles. The highest BCUT2D eigenvalue weighted by Gasteiger charge is 2.71. The Labute approximate surface area is 197 Å². The molecule has 0 saturated heterocycles. The smallest absolute Gasteiger partial charge is 0.138 e. The van der Waals surface area contributed by atoms with Crippen LogP contribution in [-0.2, 0) is 4.79 Å². The van der Waals surface area contributed by atoms with E-state index in [9.17, 15) is 9.90 Å². The lowest BCUT2D eigenvalue weighted by Crippen LogP contribution is -2.69. The van der Waals surface area contributed by atoms with Gasteiger partial charge in [-0.1, -0.05) is 55.4 Å². The van der Waals surface area contributed by atoms with Crippen LogP contribution >= 0.6 is 0 Å². The summed E-state index contributed by atoms with van der Waals surface area (Å²) in [5.74, 6) is 4.54. The number of aliphatic hydroxyl groups excluding tert-OH is 1. The van der Waals surface area contributed by atoms with Crippen LogP contribution in [0.3, 0.4) is 0 Å². The maximum Gasteiger partial charge on any atom is 0.138 e. The van der Waals surface area contributed by atoms with Crippen LogP contribution in [0.25, 0.3) is 0 Å². The topological polar surface area (TPSA) is 37.3 Å². The first-order valence-corrected chi connectivity index (χ1v) is 13.9. The molecule has 0 aliphatic heterocycles. The SMILES string of the molecule is C[C@H]1[C@@H]2[C@H]3CC[C@@H]4[C@@]5(C)CCC(=O)C(C)(C)[C@@H]5CC[C@@]4(C)[C@]3(C)C[C@H](O)[C@@]2(C)CC[C@@H]1C. The zero-order valence-electron chi connectivity index (χ0n) is 22.3. The summed E-state index contributed by atoms with van der Waals surface area (Å²) < 4.78 is 0. The Hall–Kier alpha value is -0.370. The van der Waals surface area contributed by atoms with E-state index in [1.807, 2.05) is 0 Å². The van der Waals surface area contributed by atoms with Crippen LogP contribution in [0, 0.1) is 62.6 Å². The fourth-order valence-electron chi connectivity index (χ4n) is 11.5. The van der Waals surface area contributed by atoms with E-state index in [-0.39, 0.29) is 33.2 Å². The van der Waals surface area contributed by atoms with E-state index in [1.54, 1.807) is 0 Å². The monoisotopic (exact) mass is 442 g/mol. The van der Waals surface area contributed by atoms with Gasteiger partial charge in [0.1, 0.15) is 5.78 Å². The standard InChI is InChI=1S/C30H50O2/c1-18-11-14-28(6)24(32)17-30(8)20(25(28)19(18)2)9-10-22-27(5)15-13-23(31)26(3,4)21(27)12-16-29(22,30)7/h18-22,24-25,32H,9-17H2,1-8H3/t18-,19+,20+,21-,22+,24-,25+,27-,28+,29+,30+/m0/s1. The Morgan fingerprint density at radius 2 is 1.47 bits per heavy atom. The van der Waals surface area contributed by atoms with E-state index < -0.39 is 0 Å². The summed E-state index contributed by atoms with van der Waals surface area (Å²) >= 11 is 0. The second-order valence-corrected chi connectivity index (χ2v) is 14.9. The van der Waals surface area contributed by atoms with E-state index in [0.717, 1.165) is 31.1 Å². The minimum absolute atomic E-state index is 0.0969. The molecule has 32 heavy (non-hydrogen) atoms. The minimum atomic E-state index is -0.177. The van der Waals surface area contributed by atoms with Gasteiger partial charge < -0.3 is 5.11 Å². The van der Waals surface area contributed by atoms with Gasteiger partial charge in [-0.15, -0.1) is 0 Å². The molecule has 0 aromatic rings. The van der Waals surface area contributed by atoms with E-state index in [0.29, 0.717) is 29.5 Å². The molecule has 11 atom stereocenters. The summed E-state index contributed by atoms with van der Waals surface area (Å²) in [7, 11) is 0. The molecule has 182 valence electrons. The van der Waals surface area contributed by atoms with Crippen molar-refractivity contribution in [2.45, 2.75) is 119 Å². The molecule has 0 bridgehead atoms. The van der Waals surface area contributed by atoms with Gasteiger partial charge >= 0.3 is 0 Å². The number of aliphatic hydroxyl groups is 1. The molecule has 0 unspecified atom stereocenters. The highest BCUT2D eigenvalue weighted by Crippen LogP contribution is 2.76. The number of Topliss-reactive ketones (excluding diaryl/α,β-unsaturated/α-hetero) is 1. The number of hydrogen-bond acceptors (Lipinski definition) is 2. The number of rotatable bonds is 0. The van der Waals surface area contributed by atoms with E-state index in [1.165, 1.54) is 38.5 Å². The van der Waals surface area contributed by atoms with Crippen molar-refractivity contribution in [3.63, 3.8) is 0 Å². The van der Waals surface area contributed by atoms with Crippen LogP contribution in [0.4, 0.5) is 0 Å². The van der Waals surface area contributed by atoms with Gasteiger partial charge in [-0.2, -0.15) is 0 Å². The number of fused-ring (bicyclic) bond motifs is 7. The van der Waals surface area contributed by atoms with Gasteiger partial charge in [-0.25, -0.2) is 0 Å². The molecule has 0 spiro atoms. The molecule has 0 radical (unpaired) electrons. The zero-order chi connectivity index (χ0) is 23.5. The fraction of sp³-hybridized carbons (Fsp3) is 0.967. The highest BCUT2D eigenvalue weighted by atomic mass is 16.3. The lowest BCUT2D eigenvalue weighted by molar-refractivity contribution is -0.267. The van der Waals surface area contributed by atoms with Gasteiger partial charge in [-0.3, -0.25) is 4.79 Å². The first-order chi connectivity index (χ1) is 14.7. The van der Waals surface area contributed by atoms with Crippen molar-refractivity contribution < 1.29 is 9.90 Å². The maximum absolute atomic E-state index is 12.9. The van der Waals surface area contributed by atoms with Gasteiger partial charge in [0.05, 0.1) is 6.10 Å². The number of carbonyl (C=O) groups is 1. The van der Waals surface area contributed by atoms with Crippen molar-refractivity contribution >= 4 is 5.78 Å². The summed E-state index contributed by atoms with van der Waals surface area (Å²) in [6.07, 6.45) is 10.2. The summed E-state index contributed by atoms with van der Waals surface area (Å²) in [5, 5.41) is 11.7. The van der Waals surface area contributed by atoms with Gasteiger partial charge in [-0.05, 0) is 109 Å². The van der Waals surface area contributed by atoms with Crippen LogP contribution in [0.15, 0.2) is 0 Å². The molecule has 0 aromatic carbocycles. The molecule has 5 fully saturated rings. The van der Waals surface area contributed by atoms with E-state index >= 15 is 0 Å². The Bertz CT molecular complexity index is 801. The molecule has 5 aliphatic carbocycles. The van der Waals surface area contributed by atoms with Crippen molar-refractivity contribution in [2.75, 3.05) is 0 Å². The van der Waals surface area contributed by atoms with Crippen LogP contribution in [0.2, 0.25) is 0 Å². The average Bonchev–Trinajstić information content (AvgIpc) is 2.70. The van der Waals surface area contributed by atoms with Crippen LogP contribution in [0.5, 0.6) is 0 Å². The van der Waals surface area contributed by atoms with Crippen molar-refractivity contribution in [2.24, 2.45) is 62.6 Å². The van der Waals surface area contributed by atoms with Crippen LogP contribution < -0.4 is 0 Å². The first kappa shape index (κ1) is 23.4. The van der Waals surface area contributed by atoms with E-state index in [4.69, 9.17) is 0 Å². The summed E-state index contributed by atoms with van der Waals surface area (Å²) in [4.78, 5) is 12.9. The van der Waals surface area contributed by atoms with Gasteiger partial charge in [0.15, 0.2) is 0 Å². The number of carbonyl (C=O) groups excluding carboxylic acids is 1. The predicted molar refractivity (Wildman–Crippen MR) is 131 cm³/mol. The average molecular weight is 443 g/mol. The van der Waals surface area contributed by atoms with Crippen LogP contribution in [-0.4, -0.2) is 17.0 Å². The summed E-state index contributed by atoms with van der Waals surface area (Å²) in [5.41, 5.74) is 0.643.